The average molecular weight is 459 g/mol. The molecule has 3 amide bonds. The Morgan fingerprint density at radius 1 is 1.16 bits per heavy atom. The van der Waals surface area contributed by atoms with Gasteiger partial charge in [-0.2, -0.15) is 0 Å². The van der Waals surface area contributed by atoms with Crippen LogP contribution in [0.3, 0.4) is 0 Å². The molecule has 160 valence electrons. The minimum Gasteiger partial charge on any atom is -0.300 e. The molecular weight excluding hydrogens is 439 g/mol. The number of carbonyl (C=O) groups is 3. The number of likely N-dealkylation sites (tertiary alicyclic amines) is 1. The Labute approximate surface area is 186 Å². The van der Waals surface area contributed by atoms with Gasteiger partial charge in [-0.3, -0.25) is 19.3 Å². The Bertz CT molecular complexity index is 1060. The number of hydrogen-bond donors (Lipinski definition) is 1. The molecule has 10 heteroatoms. The van der Waals surface area contributed by atoms with Crippen LogP contribution in [0.5, 0.6) is 0 Å². The third-order valence-electron chi connectivity index (χ3n) is 6.09. The topological polar surface area (TPSA) is 92.3 Å². The van der Waals surface area contributed by atoms with Gasteiger partial charge in [0.2, 0.25) is 22.9 Å². The molecule has 2 bridgehead atoms. The molecule has 2 fully saturated rings. The summed E-state index contributed by atoms with van der Waals surface area (Å²) in [7, 11) is 0. The van der Waals surface area contributed by atoms with E-state index in [1.165, 1.54) is 34.1 Å². The van der Waals surface area contributed by atoms with Gasteiger partial charge >= 0.3 is 0 Å². The van der Waals surface area contributed by atoms with E-state index in [1.54, 1.807) is 18.2 Å². The Kier molecular flexibility index (Phi) is 5.35. The number of fused-ring (bicyclic) bond motifs is 5. The average Bonchev–Trinajstić information content (AvgIpc) is 3.52. The zero-order valence-corrected chi connectivity index (χ0v) is 18.0. The van der Waals surface area contributed by atoms with Crippen molar-refractivity contribution in [1.82, 2.24) is 15.1 Å². The molecule has 2 aliphatic carbocycles. The highest BCUT2D eigenvalue weighted by Crippen LogP contribution is 2.52. The normalized spacial score (nSPS) is 26.0. The fraction of sp³-hybridized carbons (Fsp3) is 0.381. The molecule has 7 nitrogen and oxygen atoms in total. The molecule has 4 atom stereocenters. The predicted octanol–water partition coefficient (Wildman–Crippen LogP) is 3.11. The van der Waals surface area contributed by atoms with E-state index in [2.05, 4.69) is 15.5 Å². The molecule has 1 N–H and O–H groups in total. The highest BCUT2D eigenvalue weighted by Gasteiger charge is 2.59. The number of imide groups is 1. The fourth-order valence-electron chi connectivity index (χ4n) is 4.65. The van der Waals surface area contributed by atoms with E-state index in [0.29, 0.717) is 20.8 Å². The summed E-state index contributed by atoms with van der Waals surface area (Å²) in [5, 5.41) is 10.9. The van der Waals surface area contributed by atoms with Gasteiger partial charge in [-0.1, -0.05) is 53.4 Å². The summed E-state index contributed by atoms with van der Waals surface area (Å²) in [6.45, 7) is 0.0731. The van der Waals surface area contributed by atoms with Crippen molar-refractivity contribution >= 4 is 46.0 Å². The van der Waals surface area contributed by atoms with Gasteiger partial charge in [-0.25, -0.2) is 4.39 Å². The molecule has 4 unspecified atom stereocenters. The molecule has 31 heavy (non-hydrogen) atoms. The maximum Gasteiger partial charge on any atom is 0.233 e. The van der Waals surface area contributed by atoms with Gasteiger partial charge in [0.05, 0.1) is 11.8 Å². The SMILES string of the molecule is O=C(CCN1C(=O)C2C3C=CC(C3)C2C1=O)Nc1nnc(SCc2ccccc2F)s1. The number of aromatic nitrogens is 2. The van der Waals surface area contributed by atoms with E-state index < -0.39 is 0 Å². The molecule has 1 aromatic heterocycles. The van der Waals surface area contributed by atoms with Gasteiger partial charge in [-0.15, -0.1) is 10.2 Å². The van der Waals surface area contributed by atoms with Crippen LogP contribution in [0.4, 0.5) is 9.52 Å². The first-order chi connectivity index (χ1) is 15.0. The van der Waals surface area contributed by atoms with Crippen molar-refractivity contribution in [3.8, 4) is 0 Å². The van der Waals surface area contributed by atoms with Crippen LogP contribution in [-0.2, 0) is 20.1 Å². The fourth-order valence-corrected chi connectivity index (χ4v) is 6.41. The third-order valence-corrected chi connectivity index (χ3v) is 8.11. The van der Waals surface area contributed by atoms with Gasteiger partial charge in [0, 0.05) is 18.7 Å². The van der Waals surface area contributed by atoms with Crippen molar-refractivity contribution < 1.29 is 18.8 Å². The zero-order valence-electron chi connectivity index (χ0n) is 16.4. The molecule has 1 aromatic carbocycles. The van der Waals surface area contributed by atoms with Crippen LogP contribution in [0.1, 0.15) is 18.4 Å². The Balaban J connectivity index is 1.12. The molecule has 1 saturated carbocycles. The van der Waals surface area contributed by atoms with E-state index >= 15 is 0 Å². The lowest BCUT2D eigenvalue weighted by Gasteiger charge is -2.16. The molecule has 1 aliphatic heterocycles. The highest BCUT2D eigenvalue weighted by molar-refractivity contribution is 8.00. The van der Waals surface area contributed by atoms with E-state index in [0.717, 1.165) is 6.42 Å². The Morgan fingerprint density at radius 3 is 2.58 bits per heavy atom. The highest BCUT2D eigenvalue weighted by atomic mass is 32.2. The lowest BCUT2D eigenvalue weighted by molar-refractivity contribution is -0.140. The van der Waals surface area contributed by atoms with Crippen LogP contribution < -0.4 is 5.32 Å². The lowest BCUT2D eigenvalue weighted by atomic mass is 9.85. The number of nitrogens with zero attached hydrogens (tertiary/aromatic N) is 3. The van der Waals surface area contributed by atoms with Gasteiger partial charge in [-0.05, 0) is 29.9 Å². The summed E-state index contributed by atoms with van der Waals surface area (Å²) in [4.78, 5) is 38.9. The monoisotopic (exact) mass is 458 g/mol. The predicted molar refractivity (Wildman–Crippen MR) is 114 cm³/mol. The summed E-state index contributed by atoms with van der Waals surface area (Å²) in [5.74, 6) is -0.671. The number of benzene rings is 1. The first-order valence-electron chi connectivity index (χ1n) is 10.0. The molecular formula is C21H19FN4O3S2. The van der Waals surface area contributed by atoms with Gasteiger partial charge < -0.3 is 5.32 Å². The summed E-state index contributed by atoms with van der Waals surface area (Å²) >= 11 is 2.53. The smallest absolute Gasteiger partial charge is 0.233 e. The Morgan fingerprint density at radius 2 is 1.87 bits per heavy atom. The molecule has 2 heterocycles. The summed E-state index contributed by atoms with van der Waals surface area (Å²) < 4.78 is 14.3. The summed E-state index contributed by atoms with van der Waals surface area (Å²) in [5.41, 5.74) is 0.571. The van der Waals surface area contributed by atoms with Crippen LogP contribution in [0.15, 0.2) is 40.8 Å². The molecule has 0 radical (unpaired) electrons. The van der Waals surface area contributed by atoms with Crippen molar-refractivity contribution in [3.05, 3.63) is 47.8 Å². The van der Waals surface area contributed by atoms with E-state index in [-0.39, 0.29) is 60.2 Å². The van der Waals surface area contributed by atoms with E-state index in [4.69, 9.17) is 0 Å². The maximum atomic E-state index is 13.7. The third kappa shape index (κ3) is 3.78. The first-order valence-corrected chi connectivity index (χ1v) is 11.8. The van der Waals surface area contributed by atoms with Crippen LogP contribution in [0.2, 0.25) is 0 Å². The van der Waals surface area contributed by atoms with Crippen LogP contribution in [-0.4, -0.2) is 39.4 Å². The van der Waals surface area contributed by atoms with Gasteiger partial charge in [0.25, 0.3) is 0 Å². The number of allylic oxidation sites excluding steroid dienone is 2. The molecule has 5 rings (SSSR count). The van der Waals surface area contributed by atoms with Crippen LogP contribution in [0.25, 0.3) is 0 Å². The number of rotatable bonds is 7. The minimum atomic E-state index is -0.333. The number of carbonyl (C=O) groups excluding carboxylic acids is 3. The minimum absolute atomic E-state index is 0.0109. The lowest BCUT2D eigenvalue weighted by Crippen LogP contribution is -2.35. The standard InChI is InChI=1S/C21H19FN4O3S2/c22-14-4-2-1-3-13(14)10-30-21-25-24-20(31-21)23-15(27)7-8-26-18(28)16-11-5-6-12(9-11)17(16)19(26)29/h1-6,11-12,16-17H,7-10H2,(H,23,24,27). The maximum absolute atomic E-state index is 13.7. The number of anilines is 1. The number of halogens is 1. The molecule has 2 aromatic rings. The van der Waals surface area contributed by atoms with Gasteiger partial charge in [0.15, 0.2) is 4.34 Å². The summed E-state index contributed by atoms with van der Waals surface area (Å²) in [6.07, 6.45) is 4.99. The molecule has 0 spiro atoms. The number of hydrogen-bond acceptors (Lipinski definition) is 7. The molecule has 3 aliphatic rings. The van der Waals surface area contributed by atoms with Crippen LogP contribution in [0, 0.1) is 29.5 Å². The largest absolute Gasteiger partial charge is 0.300 e. The first kappa shape index (κ1) is 20.3. The van der Waals surface area contributed by atoms with Crippen LogP contribution >= 0.6 is 23.1 Å². The second-order valence-corrected chi connectivity index (χ2v) is 10.1. The van der Waals surface area contributed by atoms with Crippen molar-refractivity contribution in [1.29, 1.82) is 0 Å². The second kappa shape index (κ2) is 8.16. The number of nitrogens with one attached hydrogen (secondary N) is 1. The van der Waals surface area contributed by atoms with Crippen molar-refractivity contribution in [2.45, 2.75) is 22.9 Å². The zero-order chi connectivity index (χ0) is 21.5. The van der Waals surface area contributed by atoms with E-state index in [9.17, 15) is 18.8 Å². The van der Waals surface area contributed by atoms with Crippen molar-refractivity contribution in [3.63, 3.8) is 0 Å². The van der Waals surface area contributed by atoms with Crippen molar-refractivity contribution in [2.24, 2.45) is 23.7 Å². The molecule has 1 saturated heterocycles. The quantitative estimate of drug-likeness (QED) is 0.297. The number of amides is 3. The van der Waals surface area contributed by atoms with Crippen molar-refractivity contribution in [2.75, 3.05) is 11.9 Å². The summed E-state index contributed by atoms with van der Waals surface area (Å²) in [6, 6.07) is 6.53. The van der Waals surface area contributed by atoms with E-state index in [1.807, 2.05) is 12.2 Å². The Hall–Kier alpha value is -2.59. The van der Waals surface area contributed by atoms with Gasteiger partial charge in [0.1, 0.15) is 5.82 Å². The number of thioether (sulfide) groups is 1. The second-order valence-electron chi connectivity index (χ2n) is 7.88.